The highest BCUT2D eigenvalue weighted by molar-refractivity contribution is 5.91. The van der Waals surface area contributed by atoms with E-state index in [4.69, 9.17) is 0 Å². The van der Waals surface area contributed by atoms with Crippen molar-refractivity contribution in [3.05, 3.63) is 76.9 Å². The number of hydrogen-bond donors (Lipinski definition) is 2. The van der Waals surface area contributed by atoms with Gasteiger partial charge in [0.15, 0.2) is 17.5 Å². The number of benzene rings is 2. The maximum Gasteiger partial charge on any atom is 0.246 e. The smallest absolute Gasteiger partial charge is 0.246 e. The van der Waals surface area contributed by atoms with Gasteiger partial charge in [0.2, 0.25) is 5.91 Å². The van der Waals surface area contributed by atoms with Crippen LogP contribution < -0.4 is 0 Å². The van der Waals surface area contributed by atoms with Gasteiger partial charge in [0.05, 0.1) is 11.7 Å². The van der Waals surface area contributed by atoms with Gasteiger partial charge < -0.3 is 20.0 Å². The molecule has 0 aromatic heterocycles. The van der Waals surface area contributed by atoms with Gasteiger partial charge in [-0.15, -0.1) is 0 Å². The molecule has 2 heterocycles. The van der Waals surface area contributed by atoms with Crippen LogP contribution in [-0.2, 0) is 4.79 Å². The van der Waals surface area contributed by atoms with Crippen LogP contribution >= 0.6 is 0 Å². The predicted molar refractivity (Wildman–Crippen MR) is 127 cm³/mol. The lowest BCUT2D eigenvalue weighted by Crippen LogP contribution is -2.56. The topological polar surface area (TPSA) is 64.0 Å². The number of aliphatic hydroxyl groups is 2. The van der Waals surface area contributed by atoms with Gasteiger partial charge >= 0.3 is 0 Å². The molecule has 0 bridgehead atoms. The quantitative estimate of drug-likeness (QED) is 0.355. The number of carbonyl (C=O) groups excluding carboxylic acids is 1. The predicted octanol–water partition coefficient (Wildman–Crippen LogP) is 3.85. The van der Waals surface area contributed by atoms with Crippen molar-refractivity contribution in [2.45, 2.75) is 43.3 Å². The minimum atomic E-state index is -1.57. The number of piperidine rings is 2. The molecule has 0 spiro atoms. The zero-order chi connectivity index (χ0) is 25.9. The molecule has 0 radical (unpaired) electrons. The van der Waals surface area contributed by atoms with Crippen LogP contribution in [0, 0.1) is 23.3 Å². The zero-order valence-corrected chi connectivity index (χ0v) is 19.8. The molecule has 1 amide bonds. The lowest BCUT2D eigenvalue weighted by Gasteiger charge is -2.43. The highest BCUT2D eigenvalue weighted by atomic mass is 19.2. The minimum Gasteiger partial charge on any atom is -0.389 e. The van der Waals surface area contributed by atoms with Gasteiger partial charge in [-0.1, -0.05) is 12.1 Å². The van der Waals surface area contributed by atoms with Crippen molar-refractivity contribution in [2.24, 2.45) is 0 Å². The summed E-state index contributed by atoms with van der Waals surface area (Å²) in [5, 5.41) is 21.8. The Balaban J connectivity index is 1.25. The molecule has 2 aromatic carbocycles. The summed E-state index contributed by atoms with van der Waals surface area (Å²) in [6.07, 6.45) is 3.54. The molecule has 0 saturated carbocycles. The highest BCUT2D eigenvalue weighted by Crippen LogP contribution is 2.31. The second-order valence-electron chi connectivity index (χ2n) is 9.70. The molecule has 2 N–H and O–H groups in total. The molecule has 194 valence electrons. The number of nitrogens with zero attached hydrogens (tertiary/aromatic N) is 2. The van der Waals surface area contributed by atoms with Crippen molar-refractivity contribution in [3.63, 3.8) is 0 Å². The summed E-state index contributed by atoms with van der Waals surface area (Å²) in [6, 6.07) is 8.17. The summed E-state index contributed by atoms with van der Waals surface area (Å²) in [6.45, 7) is 2.28. The normalized spacial score (nSPS) is 20.1. The summed E-state index contributed by atoms with van der Waals surface area (Å²) in [4.78, 5) is 16.1. The fourth-order valence-electron chi connectivity index (χ4n) is 4.99. The van der Waals surface area contributed by atoms with E-state index in [1.807, 2.05) is 12.1 Å². The van der Waals surface area contributed by atoms with Crippen molar-refractivity contribution >= 4 is 12.0 Å². The fraction of sp³-hybridized carbons (Fsp3) is 0.444. The Hall–Kier alpha value is -2.75. The standard InChI is InChI=1S/C27H30F4N2O3/c28-21-4-2-19(3-5-21)20-7-11-32(12-8-20)17-24(34)27(36)9-13-33(14-10-27)25(35)6-1-18-15-22(29)26(31)23(30)16-18/h1-6,15-16,20,24,34,36H,7-14,17H2/b6-1+. The maximum atomic E-state index is 13.3. The molecule has 2 saturated heterocycles. The molecule has 4 rings (SSSR count). The Morgan fingerprint density at radius 2 is 1.58 bits per heavy atom. The molecule has 1 atom stereocenters. The van der Waals surface area contributed by atoms with Crippen LogP contribution in [0.1, 0.15) is 42.7 Å². The van der Waals surface area contributed by atoms with Crippen LogP contribution in [0.25, 0.3) is 6.08 Å². The third-order valence-corrected chi connectivity index (χ3v) is 7.35. The number of β-amino-alcohol motifs (C(OH)–C–C–N with tert-alkyl or cyclic N) is 1. The van der Waals surface area contributed by atoms with Gasteiger partial charge in [0.25, 0.3) is 0 Å². The Bertz CT molecular complexity index is 1070. The summed E-state index contributed by atoms with van der Waals surface area (Å²) in [5.41, 5.74) is -0.194. The van der Waals surface area contributed by atoms with E-state index < -0.39 is 35.1 Å². The number of halogens is 4. The Labute approximate surface area is 207 Å². The largest absolute Gasteiger partial charge is 0.389 e. The van der Waals surface area contributed by atoms with Gasteiger partial charge in [-0.05, 0) is 86.2 Å². The Morgan fingerprint density at radius 3 is 2.17 bits per heavy atom. The van der Waals surface area contributed by atoms with E-state index in [0.29, 0.717) is 12.5 Å². The average molecular weight is 507 g/mol. The highest BCUT2D eigenvalue weighted by Gasteiger charge is 2.40. The summed E-state index contributed by atoms with van der Waals surface area (Å²) in [7, 11) is 0. The molecular formula is C27H30F4N2O3. The van der Waals surface area contributed by atoms with Gasteiger partial charge in [-0.25, -0.2) is 17.6 Å². The molecule has 0 aliphatic carbocycles. The van der Waals surface area contributed by atoms with E-state index in [-0.39, 0.29) is 37.3 Å². The molecule has 2 fully saturated rings. The third-order valence-electron chi connectivity index (χ3n) is 7.35. The number of amides is 1. The van der Waals surface area contributed by atoms with Crippen LogP contribution in [0.15, 0.2) is 42.5 Å². The second-order valence-corrected chi connectivity index (χ2v) is 9.70. The Kier molecular flexibility index (Phi) is 8.12. The van der Waals surface area contributed by atoms with Crippen molar-refractivity contribution in [1.29, 1.82) is 0 Å². The zero-order valence-electron chi connectivity index (χ0n) is 19.8. The van der Waals surface area contributed by atoms with E-state index in [2.05, 4.69) is 4.90 Å². The first-order valence-electron chi connectivity index (χ1n) is 12.1. The molecular weight excluding hydrogens is 476 g/mol. The summed E-state index contributed by atoms with van der Waals surface area (Å²) in [5.74, 6) is -4.55. The summed E-state index contributed by atoms with van der Waals surface area (Å²) < 4.78 is 52.9. The lowest BCUT2D eigenvalue weighted by atomic mass is 9.84. The van der Waals surface area contributed by atoms with Crippen LogP contribution in [0.3, 0.4) is 0 Å². The van der Waals surface area contributed by atoms with Crippen LogP contribution in [-0.4, -0.2) is 70.3 Å². The molecule has 1 unspecified atom stereocenters. The second kappa shape index (κ2) is 11.1. The first kappa shape index (κ1) is 26.3. The number of hydrogen-bond acceptors (Lipinski definition) is 4. The van der Waals surface area contributed by atoms with Gasteiger partial charge in [-0.3, -0.25) is 4.79 Å². The van der Waals surface area contributed by atoms with Crippen LogP contribution in [0.5, 0.6) is 0 Å². The van der Waals surface area contributed by atoms with Crippen molar-refractivity contribution in [2.75, 3.05) is 32.7 Å². The van der Waals surface area contributed by atoms with Gasteiger partial charge in [0, 0.05) is 25.7 Å². The van der Waals surface area contributed by atoms with Crippen molar-refractivity contribution in [3.8, 4) is 0 Å². The first-order valence-corrected chi connectivity index (χ1v) is 12.1. The van der Waals surface area contributed by atoms with E-state index >= 15 is 0 Å². The Morgan fingerprint density at radius 1 is 1.00 bits per heavy atom. The van der Waals surface area contributed by atoms with Gasteiger partial charge in [0.1, 0.15) is 5.82 Å². The van der Waals surface area contributed by atoms with Crippen LogP contribution in [0.2, 0.25) is 0 Å². The van der Waals surface area contributed by atoms with E-state index in [1.54, 1.807) is 0 Å². The number of rotatable bonds is 6. The van der Waals surface area contributed by atoms with Crippen LogP contribution in [0.4, 0.5) is 17.6 Å². The van der Waals surface area contributed by atoms with Gasteiger partial charge in [-0.2, -0.15) is 0 Å². The number of carbonyl (C=O) groups is 1. The molecule has 5 nitrogen and oxygen atoms in total. The molecule has 36 heavy (non-hydrogen) atoms. The number of aliphatic hydroxyl groups excluding tert-OH is 1. The summed E-state index contributed by atoms with van der Waals surface area (Å²) >= 11 is 0. The SMILES string of the molecule is O=C(/C=C/c1cc(F)c(F)c(F)c1)N1CCC(O)(C(O)CN2CCC(c3ccc(F)cc3)CC2)CC1. The van der Waals surface area contributed by atoms with E-state index in [0.717, 1.165) is 49.7 Å². The van der Waals surface area contributed by atoms with E-state index in [9.17, 15) is 32.6 Å². The monoisotopic (exact) mass is 506 g/mol. The lowest BCUT2D eigenvalue weighted by molar-refractivity contribution is -0.140. The first-order chi connectivity index (χ1) is 17.1. The fourth-order valence-corrected chi connectivity index (χ4v) is 4.99. The molecule has 2 aliphatic heterocycles. The maximum absolute atomic E-state index is 13.3. The molecule has 9 heteroatoms. The van der Waals surface area contributed by atoms with E-state index in [1.165, 1.54) is 23.1 Å². The molecule has 2 aliphatic rings. The average Bonchev–Trinajstić information content (AvgIpc) is 2.87. The van der Waals surface area contributed by atoms with Crippen molar-refractivity contribution < 1.29 is 32.6 Å². The minimum absolute atomic E-state index is 0.0203. The number of likely N-dealkylation sites (tertiary alicyclic amines) is 2. The molecule has 2 aromatic rings. The third kappa shape index (κ3) is 6.14. The van der Waals surface area contributed by atoms with Crippen molar-refractivity contribution in [1.82, 2.24) is 9.80 Å².